The van der Waals surface area contributed by atoms with Crippen molar-refractivity contribution in [3.8, 4) is 0 Å². The summed E-state index contributed by atoms with van der Waals surface area (Å²) in [6.45, 7) is 6.77. The van der Waals surface area contributed by atoms with Crippen LogP contribution in [0.3, 0.4) is 0 Å². The van der Waals surface area contributed by atoms with Crippen LogP contribution in [0.2, 0.25) is 0 Å². The van der Waals surface area contributed by atoms with Gasteiger partial charge in [0.05, 0.1) is 0 Å². The van der Waals surface area contributed by atoms with Crippen molar-refractivity contribution in [1.29, 1.82) is 0 Å². The zero-order valence-electron chi connectivity index (χ0n) is 10.9. The Labute approximate surface area is 104 Å². The van der Waals surface area contributed by atoms with E-state index >= 15 is 0 Å². The predicted molar refractivity (Wildman–Crippen MR) is 70.9 cm³/mol. The van der Waals surface area contributed by atoms with E-state index in [-0.39, 0.29) is 0 Å². The van der Waals surface area contributed by atoms with Crippen LogP contribution in [0.4, 0.5) is 0 Å². The molecule has 1 aromatic heterocycles. The highest BCUT2D eigenvalue weighted by Crippen LogP contribution is 2.18. The molecule has 0 amide bonds. The number of hydrogen-bond donors (Lipinski definition) is 1. The van der Waals surface area contributed by atoms with Crippen LogP contribution in [0.1, 0.15) is 24.0 Å². The van der Waals surface area contributed by atoms with Crippen molar-refractivity contribution in [2.45, 2.75) is 26.3 Å². The van der Waals surface area contributed by atoms with Crippen LogP contribution in [-0.2, 0) is 6.54 Å². The monoisotopic (exact) mass is 233 g/mol. The fourth-order valence-electron chi connectivity index (χ4n) is 2.60. The summed E-state index contributed by atoms with van der Waals surface area (Å²) in [4.78, 5) is 6.80. The van der Waals surface area contributed by atoms with Crippen LogP contribution in [-0.4, -0.2) is 36.6 Å². The molecule has 0 atom stereocenters. The van der Waals surface area contributed by atoms with Crippen LogP contribution in [0.5, 0.6) is 0 Å². The van der Waals surface area contributed by atoms with Crippen LogP contribution in [0.25, 0.3) is 0 Å². The van der Waals surface area contributed by atoms with E-state index in [0.717, 1.165) is 12.5 Å². The van der Waals surface area contributed by atoms with Crippen molar-refractivity contribution in [2.24, 2.45) is 5.92 Å². The highest BCUT2D eigenvalue weighted by molar-refractivity contribution is 5.16. The van der Waals surface area contributed by atoms with Gasteiger partial charge in [0.1, 0.15) is 0 Å². The zero-order chi connectivity index (χ0) is 12.1. The van der Waals surface area contributed by atoms with E-state index in [2.05, 4.69) is 28.2 Å². The summed E-state index contributed by atoms with van der Waals surface area (Å²) in [6, 6.07) is 2.24. The number of nitrogens with zero attached hydrogens (tertiary/aromatic N) is 2. The van der Waals surface area contributed by atoms with Gasteiger partial charge in [-0.2, -0.15) is 0 Å². The lowest BCUT2D eigenvalue weighted by molar-refractivity contribution is 0.176. The lowest BCUT2D eigenvalue weighted by atomic mass is 9.96. The Morgan fingerprint density at radius 1 is 1.35 bits per heavy atom. The maximum atomic E-state index is 4.26. The molecule has 1 fully saturated rings. The molecule has 17 heavy (non-hydrogen) atoms. The zero-order valence-corrected chi connectivity index (χ0v) is 10.9. The molecule has 1 aromatic rings. The first-order valence-electron chi connectivity index (χ1n) is 6.55. The van der Waals surface area contributed by atoms with Gasteiger partial charge in [-0.1, -0.05) is 6.07 Å². The van der Waals surface area contributed by atoms with Crippen LogP contribution < -0.4 is 5.32 Å². The van der Waals surface area contributed by atoms with E-state index in [4.69, 9.17) is 0 Å². The predicted octanol–water partition coefficient (Wildman–Crippen LogP) is 1.82. The van der Waals surface area contributed by atoms with Crippen LogP contribution in [0.15, 0.2) is 18.5 Å². The van der Waals surface area contributed by atoms with E-state index < -0.39 is 0 Å². The number of aromatic nitrogens is 1. The third-order valence-corrected chi connectivity index (χ3v) is 3.54. The third-order valence-electron chi connectivity index (χ3n) is 3.54. The molecule has 0 saturated carbocycles. The molecule has 1 saturated heterocycles. The molecule has 0 spiro atoms. The van der Waals surface area contributed by atoms with Crippen molar-refractivity contribution >= 4 is 0 Å². The van der Waals surface area contributed by atoms with E-state index in [1.165, 1.54) is 43.6 Å². The van der Waals surface area contributed by atoms with Gasteiger partial charge in [-0.25, -0.2) is 0 Å². The summed E-state index contributed by atoms with van der Waals surface area (Å²) in [5.74, 6) is 0.867. The van der Waals surface area contributed by atoms with Gasteiger partial charge in [-0.05, 0) is 63.5 Å². The summed E-state index contributed by atoms with van der Waals surface area (Å²) < 4.78 is 0. The Balaban J connectivity index is 1.82. The Kier molecular flexibility index (Phi) is 4.51. The van der Waals surface area contributed by atoms with Crippen molar-refractivity contribution in [2.75, 3.05) is 26.7 Å². The minimum Gasteiger partial charge on any atom is -0.319 e. The standard InChI is InChI=1S/C14H23N3/c1-12-7-14(10-16-8-12)11-17-5-3-13(4-6-17)9-15-2/h7-8,10,13,15H,3-6,9,11H2,1-2H3. The molecular weight excluding hydrogens is 210 g/mol. The molecular formula is C14H23N3. The topological polar surface area (TPSA) is 28.2 Å². The molecule has 1 N–H and O–H groups in total. The molecule has 0 unspecified atom stereocenters. The van der Waals surface area contributed by atoms with Crippen LogP contribution >= 0.6 is 0 Å². The lowest BCUT2D eigenvalue weighted by Crippen LogP contribution is -2.36. The molecule has 0 aliphatic carbocycles. The average Bonchev–Trinajstić information content (AvgIpc) is 2.32. The van der Waals surface area contributed by atoms with Gasteiger partial charge >= 0.3 is 0 Å². The lowest BCUT2D eigenvalue weighted by Gasteiger charge is -2.31. The SMILES string of the molecule is CNCC1CCN(Cc2cncc(C)c2)CC1. The number of pyridine rings is 1. The Bertz CT molecular complexity index is 343. The molecule has 1 aliphatic rings. The minimum absolute atomic E-state index is 0.867. The van der Waals surface area contributed by atoms with Crippen molar-refractivity contribution < 1.29 is 0 Å². The van der Waals surface area contributed by atoms with Gasteiger partial charge in [-0.3, -0.25) is 9.88 Å². The molecule has 0 radical (unpaired) electrons. The molecule has 2 heterocycles. The summed E-state index contributed by atoms with van der Waals surface area (Å²) in [5.41, 5.74) is 2.60. The highest BCUT2D eigenvalue weighted by Gasteiger charge is 2.18. The van der Waals surface area contributed by atoms with E-state index in [1.54, 1.807) is 0 Å². The molecule has 0 bridgehead atoms. The Hall–Kier alpha value is -0.930. The van der Waals surface area contributed by atoms with Gasteiger partial charge in [0, 0.05) is 18.9 Å². The minimum atomic E-state index is 0.867. The number of rotatable bonds is 4. The third kappa shape index (κ3) is 3.79. The van der Waals surface area contributed by atoms with E-state index in [1.807, 2.05) is 19.4 Å². The molecule has 1 aliphatic heterocycles. The second kappa shape index (κ2) is 6.12. The number of nitrogens with one attached hydrogen (secondary N) is 1. The first-order valence-corrected chi connectivity index (χ1v) is 6.55. The Morgan fingerprint density at radius 3 is 2.76 bits per heavy atom. The largest absolute Gasteiger partial charge is 0.319 e. The van der Waals surface area contributed by atoms with Gasteiger partial charge in [0.25, 0.3) is 0 Å². The maximum Gasteiger partial charge on any atom is 0.0313 e. The highest BCUT2D eigenvalue weighted by atomic mass is 15.1. The maximum absolute atomic E-state index is 4.26. The number of hydrogen-bond acceptors (Lipinski definition) is 3. The van der Waals surface area contributed by atoms with Gasteiger partial charge in [0.15, 0.2) is 0 Å². The number of likely N-dealkylation sites (tertiary alicyclic amines) is 1. The van der Waals surface area contributed by atoms with Gasteiger partial charge in [0.2, 0.25) is 0 Å². The van der Waals surface area contributed by atoms with Gasteiger partial charge in [-0.15, -0.1) is 0 Å². The second-order valence-corrected chi connectivity index (χ2v) is 5.15. The summed E-state index contributed by atoms with van der Waals surface area (Å²) in [5, 5.41) is 3.28. The van der Waals surface area contributed by atoms with Crippen molar-refractivity contribution in [3.05, 3.63) is 29.6 Å². The number of aryl methyl sites for hydroxylation is 1. The molecule has 2 rings (SSSR count). The van der Waals surface area contributed by atoms with Gasteiger partial charge < -0.3 is 5.32 Å². The summed E-state index contributed by atoms with van der Waals surface area (Å²) >= 11 is 0. The van der Waals surface area contributed by atoms with Crippen LogP contribution in [0, 0.1) is 12.8 Å². The quantitative estimate of drug-likeness (QED) is 0.860. The van der Waals surface area contributed by atoms with Crippen molar-refractivity contribution in [1.82, 2.24) is 15.2 Å². The first-order chi connectivity index (χ1) is 8.28. The van der Waals surface area contributed by atoms with E-state index in [9.17, 15) is 0 Å². The smallest absolute Gasteiger partial charge is 0.0313 e. The summed E-state index contributed by atoms with van der Waals surface area (Å²) in [7, 11) is 2.05. The molecule has 94 valence electrons. The molecule has 3 heteroatoms. The normalized spacial score (nSPS) is 18.5. The average molecular weight is 233 g/mol. The molecule has 0 aromatic carbocycles. The van der Waals surface area contributed by atoms with E-state index in [0.29, 0.717) is 0 Å². The second-order valence-electron chi connectivity index (χ2n) is 5.15. The number of piperidine rings is 1. The summed E-state index contributed by atoms with van der Waals surface area (Å²) in [6.07, 6.45) is 6.55. The fraction of sp³-hybridized carbons (Fsp3) is 0.643. The molecule has 3 nitrogen and oxygen atoms in total. The first kappa shape index (κ1) is 12.5. The van der Waals surface area contributed by atoms with Crippen molar-refractivity contribution in [3.63, 3.8) is 0 Å². The fourth-order valence-corrected chi connectivity index (χ4v) is 2.60. The Morgan fingerprint density at radius 2 is 2.12 bits per heavy atom.